The third kappa shape index (κ3) is 10.7. The van der Waals surface area contributed by atoms with Crippen LogP contribution in [0.3, 0.4) is 0 Å². The summed E-state index contributed by atoms with van der Waals surface area (Å²) in [6, 6.07) is 5.63. The number of benzene rings is 1. The van der Waals surface area contributed by atoms with E-state index >= 15 is 0 Å². The zero-order valence-electron chi connectivity index (χ0n) is 18.3. The van der Waals surface area contributed by atoms with Gasteiger partial charge < -0.3 is 9.47 Å². The molecule has 0 saturated carbocycles. The lowest BCUT2D eigenvalue weighted by Crippen LogP contribution is -2.08. The molecule has 3 nitrogen and oxygen atoms in total. The molecule has 0 amide bonds. The van der Waals surface area contributed by atoms with E-state index in [1.807, 2.05) is 20.8 Å². The molecule has 1 aliphatic rings. The van der Waals surface area contributed by atoms with E-state index in [0.29, 0.717) is 17.9 Å². The molecular formula is C25H32F2O3. The van der Waals surface area contributed by atoms with E-state index in [-0.39, 0.29) is 18.6 Å². The molecule has 0 radical (unpaired) electrons. The lowest BCUT2D eigenvalue weighted by Gasteiger charge is -2.14. The first-order valence-electron chi connectivity index (χ1n) is 10.0. The van der Waals surface area contributed by atoms with Gasteiger partial charge in [-0.3, -0.25) is 4.79 Å². The summed E-state index contributed by atoms with van der Waals surface area (Å²) in [6.07, 6.45) is 9.05. The number of hydrogen-bond acceptors (Lipinski definition) is 3. The minimum Gasteiger partial charge on any atom is -0.489 e. The highest BCUT2D eigenvalue weighted by Gasteiger charge is 2.20. The maximum atomic E-state index is 13.7. The predicted octanol–water partition coefficient (Wildman–Crippen LogP) is 6.75. The van der Waals surface area contributed by atoms with E-state index in [1.54, 1.807) is 37.3 Å². The summed E-state index contributed by atoms with van der Waals surface area (Å²) in [4.78, 5) is 12.4. The molecule has 0 N–H and O–H groups in total. The minimum absolute atomic E-state index is 0.177. The highest BCUT2D eigenvalue weighted by Crippen LogP contribution is 2.26. The van der Waals surface area contributed by atoms with Crippen molar-refractivity contribution in [3.8, 4) is 0 Å². The summed E-state index contributed by atoms with van der Waals surface area (Å²) in [5.41, 5.74) is 0.548. The van der Waals surface area contributed by atoms with E-state index in [2.05, 4.69) is 6.58 Å². The van der Waals surface area contributed by atoms with Crippen LogP contribution in [0.2, 0.25) is 0 Å². The Morgan fingerprint density at radius 1 is 1.27 bits per heavy atom. The van der Waals surface area contributed by atoms with E-state index in [4.69, 9.17) is 9.47 Å². The highest BCUT2D eigenvalue weighted by molar-refractivity contribution is 6.22. The van der Waals surface area contributed by atoms with E-state index < -0.39 is 17.4 Å². The molecule has 1 aromatic rings. The van der Waals surface area contributed by atoms with Crippen LogP contribution in [0.25, 0.3) is 5.57 Å². The average molecular weight is 419 g/mol. The number of ether oxygens (including phenoxy) is 2. The predicted molar refractivity (Wildman–Crippen MR) is 120 cm³/mol. The van der Waals surface area contributed by atoms with Crippen molar-refractivity contribution >= 4 is 11.4 Å². The Bertz CT molecular complexity index is 774. The fraction of sp³-hybridized carbons (Fsp3) is 0.320. The van der Waals surface area contributed by atoms with Crippen LogP contribution in [-0.4, -0.2) is 25.6 Å². The lowest BCUT2D eigenvalue weighted by atomic mass is 9.97. The van der Waals surface area contributed by atoms with Crippen LogP contribution < -0.4 is 0 Å². The second-order valence-corrected chi connectivity index (χ2v) is 5.65. The quantitative estimate of drug-likeness (QED) is 0.392. The fourth-order valence-corrected chi connectivity index (χ4v) is 2.31. The van der Waals surface area contributed by atoms with Gasteiger partial charge in [0, 0.05) is 6.61 Å². The third-order valence-electron chi connectivity index (χ3n) is 3.47. The van der Waals surface area contributed by atoms with Crippen LogP contribution in [0.5, 0.6) is 0 Å². The van der Waals surface area contributed by atoms with Gasteiger partial charge in [0.15, 0.2) is 5.78 Å². The van der Waals surface area contributed by atoms with Crippen LogP contribution in [0.4, 0.5) is 8.78 Å². The van der Waals surface area contributed by atoms with Gasteiger partial charge in [0.05, 0.1) is 18.6 Å². The molecule has 0 bridgehead atoms. The Kier molecular flexibility index (Phi) is 15.5. The molecule has 0 saturated heterocycles. The molecule has 0 aliphatic carbocycles. The SMILES string of the molecule is C/C=C\C1=C(/c2cccc(F)c2)C(=O)C/C(F)=C\C=C/CO1.C=CCOCC.CC. The molecule has 0 fully saturated rings. The van der Waals surface area contributed by atoms with Gasteiger partial charge in [-0.1, -0.05) is 44.2 Å². The zero-order valence-corrected chi connectivity index (χ0v) is 18.3. The second-order valence-electron chi connectivity index (χ2n) is 5.65. The zero-order chi connectivity index (χ0) is 22.8. The number of ketones is 1. The molecule has 0 spiro atoms. The van der Waals surface area contributed by atoms with Crippen molar-refractivity contribution in [1.82, 2.24) is 0 Å². The molecule has 0 unspecified atom stereocenters. The largest absolute Gasteiger partial charge is 0.489 e. The molecule has 164 valence electrons. The molecule has 0 atom stereocenters. The summed E-state index contributed by atoms with van der Waals surface area (Å²) in [5, 5.41) is 0. The van der Waals surface area contributed by atoms with Crippen LogP contribution >= 0.6 is 0 Å². The maximum absolute atomic E-state index is 13.7. The van der Waals surface area contributed by atoms with Crippen LogP contribution in [0, 0.1) is 5.82 Å². The number of carbonyl (C=O) groups is 1. The first kappa shape index (κ1) is 27.2. The Morgan fingerprint density at radius 3 is 2.57 bits per heavy atom. The van der Waals surface area contributed by atoms with Crippen molar-refractivity contribution in [2.24, 2.45) is 0 Å². The molecule has 2 rings (SSSR count). The molecule has 30 heavy (non-hydrogen) atoms. The summed E-state index contributed by atoms with van der Waals surface area (Å²) >= 11 is 0. The average Bonchev–Trinajstić information content (AvgIpc) is 2.74. The Hall–Kier alpha value is -2.79. The lowest BCUT2D eigenvalue weighted by molar-refractivity contribution is -0.113. The minimum atomic E-state index is -0.545. The summed E-state index contributed by atoms with van der Waals surface area (Å²) in [5.74, 6) is -1.16. The van der Waals surface area contributed by atoms with Crippen molar-refractivity contribution in [3.63, 3.8) is 0 Å². The van der Waals surface area contributed by atoms with Crippen LogP contribution in [0.1, 0.15) is 39.7 Å². The summed E-state index contributed by atoms with van der Waals surface area (Å²) in [7, 11) is 0. The van der Waals surface area contributed by atoms with Gasteiger partial charge >= 0.3 is 0 Å². The first-order chi connectivity index (χ1) is 14.5. The van der Waals surface area contributed by atoms with Gasteiger partial charge in [-0.05, 0) is 49.8 Å². The third-order valence-corrected chi connectivity index (χ3v) is 3.47. The number of allylic oxidation sites excluding steroid dienone is 6. The van der Waals surface area contributed by atoms with E-state index in [9.17, 15) is 13.6 Å². The van der Waals surface area contributed by atoms with Crippen LogP contribution in [-0.2, 0) is 14.3 Å². The van der Waals surface area contributed by atoms with Crippen molar-refractivity contribution in [1.29, 1.82) is 0 Å². The number of carbonyl (C=O) groups excluding carboxylic acids is 1. The van der Waals surface area contributed by atoms with Gasteiger partial charge in [-0.2, -0.15) is 0 Å². The number of halogens is 2. The van der Waals surface area contributed by atoms with Gasteiger partial charge in [0.1, 0.15) is 24.0 Å². The maximum Gasteiger partial charge on any atom is 0.173 e. The summed E-state index contributed by atoms with van der Waals surface area (Å²) in [6.45, 7) is 12.9. The Balaban J connectivity index is 0.000000905. The Labute approximate surface area is 179 Å². The monoisotopic (exact) mass is 418 g/mol. The fourth-order valence-electron chi connectivity index (χ4n) is 2.31. The molecule has 1 heterocycles. The van der Waals surface area contributed by atoms with Crippen molar-refractivity contribution in [3.05, 3.63) is 90.3 Å². The number of rotatable bonds is 5. The molecule has 1 aliphatic heterocycles. The van der Waals surface area contributed by atoms with Crippen molar-refractivity contribution < 1.29 is 23.0 Å². The number of hydrogen-bond donors (Lipinski definition) is 0. The summed E-state index contributed by atoms with van der Waals surface area (Å²) < 4.78 is 37.6. The second kappa shape index (κ2) is 17.1. The Morgan fingerprint density at radius 2 is 2.00 bits per heavy atom. The van der Waals surface area contributed by atoms with Crippen molar-refractivity contribution in [2.75, 3.05) is 19.8 Å². The van der Waals surface area contributed by atoms with Crippen LogP contribution in [0.15, 0.2) is 78.9 Å². The van der Waals surface area contributed by atoms with Gasteiger partial charge in [0.25, 0.3) is 0 Å². The van der Waals surface area contributed by atoms with Gasteiger partial charge in [-0.15, -0.1) is 6.58 Å². The molecule has 5 heteroatoms. The molecular weight excluding hydrogens is 386 g/mol. The highest BCUT2D eigenvalue weighted by atomic mass is 19.1. The molecule has 1 aromatic carbocycles. The normalized spacial score (nSPS) is 19.3. The molecule has 0 aromatic heterocycles. The van der Waals surface area contributed by atoms with Gasteiger partial charge in [-0.25, -0.2) is 8.78 Å². The van der Waals surface area contributed by atoms with Gasteiger partial charge in [0.2, 0.25) is 0 Å². The van der Waals surface area contributed by atoms with E-state index in [0.717, 1.165) is 6.61 Å². The number of Topliss-reactive ketones (excluding diaryl/α,β-unsaturated/α-hetero) is 1. The first-order valence-corrected chi connectivity index (χ1v) is 10.0. The standard InChI is InChI=1S/C18H16F2O2.C5H10O.C2H6/c1-2-6-17-18(13-7-5-9-14(19)11-13)16(21)12-15(20)8-3-4-10-22-17;1-3-5-6-4-2;1-2/h2-9,11H,10,12H2,1H3;3H,1,4-5H2,2H3;1-2H3/b4-3-,6-2-,15-8+,18-17-;;. The smallest absolute Gasteiger partial charge is 0.173 e. The van der Waals surface area contributed by atoms with E-state index in [1.165, 1.54) is 30.4 Å². The topological polar surface area (TPSA) is 35.5 Å². The van der Waals surface area contributed by atoms with Crippen molar-refractivity contribution in [2.45, 2.75) is 34.1 Å².